The van der Waals surface area contributed by atoms with Crippen molar-refractivity contribution in [2.75, 3.05) is 13.2 Å². The van der Waals surface area contributed by atoms with Crippen LogP contribution < -0.4 is 5.32 Å². The van der Waals surface area contributed by atoms with Gasteiger partial charge in [0.2, 0.25) is 0 Å². The topological polar surface area (TPSA) is 87.0 Å². The van der Waals surface area contributed by atoms with Gasteiger partial charge in [-0.3, -0.25) is 0 Å². The fourth-order valence-corrected chi connectivity index (χ4v) is 4.00. The molecule has 0 radical (unpaired) electrons. The molecule has 178 valence electrons. The van der Waals surface area contributed by atoms with Gasteiger partial charge in [-0.25, -0.2) is 9.59 Å². The largest absolute Gasteiger partial charge is 0.467 e. The van der Waals surface area contributed by atoms with Crippen LogP contribution >= 0.6 is 0 Å². The predicted molar refractivity (Wildman–Crippen MR) is 126 cm³/mol. The number of ether oxygens (including phenoxy) is 3. The number of nitrogens with one attached hydrogen (secondary N) is 1. The van der Waals surface area contributed by atoms with Gasteiger partial charge in [0.25, 0.3) is 0 Å². The maximum atomic E-state index is 12.7. The molecule has 7 nitrogen and oxygen atoms in total. The summed E-state index contributed by atoms with van der Waals surface area (Å²) in [6, 6.07) is 18.7. The Bertz CT molecular complexity index is 1090. The van der Waals surface area contributed by atoms with E-state index in [9.17, 15) is 9.59 Å². The highest BCUT2D eigenvalue weighted by Gasteiger charge is 2.31. The van der Waals surface area contributed by atoms with E-state index < -0.39 is 23.7 Å². The molecule has 1 aliphatic rings. The molecule has 1 heterocycles. The fraction of sp³-hybridized carbons (Fsp3) is 0.333. The number of hydrogen-bond acceptors (Lipinski definition) is 6. The van der Waals surface area contributed by atoms with E-state index in [-0.39, 0.29) is 25.7 Å². The highest BCUT2D eigenvalue weighted by Crippen LogP contribution is 2.44. The van der Waals surface area contributed by atoms with Crippen LogP contribution in [-0.4, -0.2) is 36.9 Å². The number of fused-ring (bicyclic) bond motifs is 3. The average Bonchev–Trinajstić information content (AvgIpc) is 3.42. The van der Waals surface area contributed by atoms with Gasteiger partial charge in [-0.15, -0.1) is 0 Å². The van der Waals surface area contributed by atoms with Gasteiger partial charge in [0.15, 0.2) is 6.04 Å². The molecular weight excluding hydrogens is 434 g/mol. The third-order valence-electron chi connectivity index (χ3n) is 5.44. The summed E-state index contributed by atoms with van der Waals surface area (Å²) in [5, 5.41) is 2.60. The molecule has 1 amide bonds. The number of alkyl carbamates (subject to hydrolysis) is 1. The van der Waals surface area contributed by atoms with Crippen LogP contribution in [0.4, 0.5) is 4.79 Å². The van der Waals surface area contributed by atoms with Gasteiger partial charge in [-0.05, 0) is 55.2 Å². The van der Waals surface area contributed by atoms with Gasteiger partial charge in [0.05, 0.1) is 12.9 Å². The Labute approximate surface area is 199 Å². The SMILES string of the molecule is CC(C)(C)OC(=O)[C@H](COCc1ccco1)NC(=O)OCC1c2ccccc2-c2ccccc21. The van der Waals surface area contributed by atoms with Crippen LogP contribution in [0.2, 0.25) is 0 Å². The number of benzene rings is 2. The van der Waals surface area contributed by atoms with Crippen molar-refractivity contribution in [1.82, 2.24) is 5.32 Å². The van der Waals surface area contributed by atoms with Crippen LogP contribution in [0, 0.1) is 0 Å². The molecule has 0 bridgehead atoms. The summed E-state index contributed by atoms with van der Waals surface area (Å²) in [5.74, 6) is -0.0575. The minimum Gasteiger partial charge on any atom is -0.467 e. The van der Waals surface area contributed by atoms with Crippen LogP contribution in [0.3, 0.4) is 0 Å². The zero-order valence-corrected chi connectivity index (χ0v) is 19.6. The standard InChI is InChI=1S/C27H29NO6/c1-27(2,3)34-25(29)24(17-31-15-18-9-8-14-32-18)28-26(30)33-16-23-21-12-6-4-10-19(21)20-11-5-7-13-22(20)23/h4-14,23-24H,15-17H2,1-3H3,(H,28,30)/t24-/m0/s1. The second-order valence-electron chi connectivity index (χ2n) is 9.15. The van der Waals surface area contributed by atoms with Gasteiger partial charge in [0.1, 0.15) is 24.6 Å². The van der Waals surface area contributed by atoms with Gasteiger partial charge in [-0.1, -0.05) is 48.5 Å². The zero-order chi connectivity index (χ0) is 24.1. The van der Waals surface area contributed by atoms with E-state index in [1.165, 1.54) is 0 Å². The van der Waals surface area contributed by atoms with Crippen molar-refractivity contribution in [1.29, 1.82) is 0 Å². The molecule has 1 aliphatic carbocycles. The van der Waals surface area contributed by atoms with E-state index >= 15 is 0 Å². The van der Waals surface area contributed by atoms with E-state index in [4.69, 9.17) is 18.6 Å². The number of furan rings is 1. The molecule has 4 rings (SSSR count). The number of esters is 1. The van der Waals surface area contributed by atoms with Crippen molar-refractivity contribution in [3.63, 3.8) is 0 Å². The Morgan fingerprint density at radius 3 is 2.21 bits per heavy atom. The molecule has 0 fully saturated rings. The molecule has 0 saturated carbocycles. The van der Waals surface area contributed by atoms with Gasteiger partial charge in [-0.2, -0.15) is 0 Å². The lowest BCUT2D eigenvalue weighted by Gasteiger charge is -2.24. The van der Waals surface area contributed by atoms with E-state index in [0.717, 1.165) is 22.3 Å². The zero-order valence-electron chi connectivity index (χ0n) is 19.6. The summed E-state index contributed by atoms with van der Waals surface area (Å²) in [7, 11) is 0. The normalized spacial score (nSPS) is 13.6. The minimum absolute atomic E-state index is 0.0756. The number of carbonyl (C=O) groups excluding carboxylic acids is 2. The molecular formula is C27H29NO6. The van der Waals surface area contributed by atoms with Crippen molar-refractivity contribution < 1.29 is 28.2 Å². The van der Waals surface area contributed by atoms with Crippen LogP contribution in [0.15, 0.2) is 71.3 Å². The first-order chi connectivity index (χ1) is 16.3. The lowest BCUT2D eigenvalue weighted by atomic mass is 9.98. The molecule has 0 aliphatic heterocycles. The maximum absolute atomic E-state index is 12.7. The number of hydrogen-bond donors (Lipinski definition) is 1. The molecule has 0 spiro atoms. The molecule has 0 saturated heterocycles. The summed E-state index contributed by atoms with van der Waals surface area (Å²) in [6.45, 7) is 5.52. The lowest BCUT2D eigenvalue weighted by molar-refractivity contribution is -0.159. The lowest BCUT2D eigenvalue weighted by Crippen LogP contribution is -2.47. The number of carbonyl (C=O) groups is 2. The molecule has 34 heavy (non-hydrogen) atoms. The summed E-state index contributed by atoms with van der Waals surface area (Å²) in [5.41, 5.74) is 3.80. The van der Waals surface area contributed by atoms with Crippen molar-refractivity contribution >= 4 is 12.1 Å². The van der Waals surface area contributed by atoms with Crippen LogP contribution in [-0.2, 0) is 25.6 Å². The number of amides is 1. The first kappa shape index (κ1) is 23.6. The third kappa shape index (κ3) is 5.66. The molecule has 1 N–H and O–H groups in total. The number of rotatable bonds is 8. The highest BCUT2D eigenvalue weighted by atomic mass is 16.6. The third-order valence-corrected chi connectivity index (χ3v) is 5.44. The van der Waals surface area contributed by atoms with E-state index in [0.29, 0.717) is 5.76 Å². The smallest absolute Gasteiger partial charge is 0.407 e. The Kier molecular flexibility index (Phi) is 7.03. The molecule has 0 unspecified atom stereocenters. The Balaban J connectivity index is 1.39. The first-order valence-corrected chi connectivity index (χ1v) is 11.3. The fourth-order valence-electron chi connectivity index (χ4n) is 4.00. The second kappa shape index (κ2) is 10.1. The van der Waals surface area contributed by atoms with Gasteiger partial charge in [0, 0.05) is 5.92 Å². The minimum atomic E-state index is -1.02. The van der Waals surface area contributed by atoms with E-state index in [1.807, 2.05) is 36.4 Å². The molecule has 2 aromatic carbocycles. The molecule has 7 heteroatoms. The highest BCUT2D eigenvalue weighted by molar-refractivity contribution is 5.82. The van der Waals surface area contributed by atoms with Gasteiger partial charge < -0.3 is 23.9 Å². The predicted octanol–water partition coefficient (Wildman–Crippen LogP) is 5.05. The van der Waals surface area contributed by atoms with E-state index in [2.05, 4.69) is 17.4 Å². The summed E-state index contributed by atoms with van der Waals surface area (Å²) >= 11 is 0. The van der Waals surface area contributed by atoms with Crippen LogP contribution in [0.5, 0.6) is 0 Å². The van der Waals surface area contributed by atoms with Gasteiger partial charge >= 0.3 is 12.1 Å². The summed E-state index contributed by atoms with van der Waals surface area (Å²) < 4.78 is 21.8. The molecule has 1 aromatic heterocycles. The monoisotopic (exact) mass is 463 g/mol. The quantitative estimate of drug-likeness (QED) is 0.471. The van der Waals surface area contributed by atoms with Crippen molar-refractivity contribution in [2.24, 2.45) is 0 Å². The summed E-state index contributed by atoms with van der Waals surface area (Å²) in [4.78, 5) is 25.4. The second-order valence-corrected chi connectivity index (χ2v) is 9.15. The van der Waals surface area contributed by atoms with Crippen molar-refractivity contribution in [3.8, 4) is 11.1 Å². The maximum Gasteiger partial charge on any atom is 0.407 e. The van der Waals surface area contributed by atoms with Crippen molar-refractivity contribution in [3.05, 3.63) is 83.8 Å². The van der Waals surface area contributed by atoms with Crippen molar-refractivity contribution in [2.45, 2.75) is 44.9 Å². The first-order valence-electron chi connectivity index (χ1n) is 11.3. The Hall–Kier alpha value is -3.58. The van der Waals surface area contributed by atoms with E-state index in [1.54, 1.807) is 39.2 Å². The average molecular weight is 464 g/mol. The molecule has 3 aromatic rings. The summed E-state index contributed by atoms with van der Waals surface area (Å²) in [6.07, 6.45) is 0.832. The van der Waals surface area contributed by atoms with Crippen LogP contribution in [0.1, 0.15) is 43.6 Å². The Morgan fingerprint density at radius 1 is 0.971 bits per heavy atom. The Morgan fingerprint density at radius 2 is 1.62 bits per heavy atom. The van der Waals surface area contributed by atoms with Crippen LogP contribution in [0.25, 0.3) is 11.1 Å². The molecule has 1 atom stereocenters.